The standard InChI is InChI=1S/C21H19N3O2S3/c1-3-26-16-10-8-15(9-11-16)24-18-17(29-21(24)27)19(25)23-20(22-18)28-12-14-6-4-13(2)5-7-14/h4-11H,3,12H2,1-2H3,(H,22,23,25). The fourth-order valence-electron chi connectivity index (χ4n) is 2.88. The van der Waals surface area contributed by atoms with Crippen LogP contribution in [0.25, 0.3) is 16.0 Å². The van der Waals surface area contributed by atoms with Gasteiger partial charge in [0.15, 0.2) is 14.8 Å². The van der Waals surface area contributed by atoms with E-state index in [0.29, 0.717) is 26.1 Å². The number of benzene rings is 2. The number of aryl methyl sites for hydroxylation is 1. The van der Waals surface area contributed by atoms with E-state index in [0.717, 1.165) is 17.2 Å². The van der Waals surface area contributed by atoms with Gasteiger partial charge in [0.2, 0.25) is 0 Å². The summed E-state index contributed by atoms with van der Waals surface area (Å²) in [6.45, 7) is 4.62. The third-order valence-corrected chi connectivity index (χ3v) is 6.63. The Kier molecular flexibility index (Phi) is 5.84. The van der Waals surface area contributed by atoms with Crippen LogP contribution in [0.3, 0.4) is 0 Å². The number of nitrogens with zero attached hydrogens (tertiary/aromatic N) is 2. The zero-order valence-electron chi connectivity index (χ0n) is 16.0. The Balaban J connectivity index is 1.70. The van der Waals surface area contributed by atoms with Crippen LogP contribution in [0.1, 0.15) is 18.1 Å². The smallest absolute Gasteiger partial charge is 0.271 e. The summed E-state index contributed by atoms with van der Waals surface area (Å²) in [7, 11) is 0. The summed E-state index contributed by atoms with van der Waals surface area (Å²) in [5.41, 5.74) is 3.68. The second kappa shape index (κ2) is 8.52. The van der Waals surface area contributed by atoms with Crippen LogP contribution in [-0.2, 0) is 5.75 Å². The molecule has 0 radical (unpaired) electrons. The average Bonchev–Trinajstić information content (AvgIpc) is 3.05. The number of ether oxygens (including phenoxy) is 1. The van der Waals surface area contributed by atoms with Crippen LogP contribution in [0.5, 0.6) is 5.75 Å². The molecule has 0 aliphatic carbocycles. The maximum Gasteiger partial charge on any atom is 0.271 e. The van der Waals surface area contributed by atoms with Crippen molar-refractivity contribution in [3.8, 4) is 11.4 Å². The van der Waals surface area contributed by atoms with E-state index in [1.807, 2.05) is 35.8 Å². The molecule has 1 N–H and O–H groups in total. The zero-order chi connectivity index (χ0) is 20.4. The van der Waals surface area contributed by atoms with E-state index in [1.54, 1.807) is 0 Å². The molecule has 0 unspecified atom stereocenters. The van der Waals surface area contributed by atoms with Gasteiger partial charge in [-0.3, -0.25) is 9.36 Å². The molecule has 4 rings (SSSR count). The van der Waals surface area contributed by atoms with Crippen molar-refractivity contribution in [1.82, 2.24) is 14.5 Å². The first-order valence-electron chi connectivity index (χ1n) is 9.12. The summed E-state index contributed by atoms with van der Waals surface area (Å²) in [5, 5.41) is 0.579. The molecule has 0 atom stereocenters. The van der Waals surface area contributed by atoms with Crippen molar-refractivity contribution in [2.45, 2.75) is 24.8 Å². The van der Waals surface area contributed by atoms with Crippen molar-refractivity contribution < 1.29 is 4.74 Å². The summed E-state index contributed by atoms with van der Waals surface area (Å²) >= 11 is 8.30. The Bertz CT molecular complexity index is 1260. The topological polar surface area (TPSA) is 59.9 Å². The molecule has 8 heteroatoms. The second-order valence-electron chi connectivity index (χ2n) is 6.43. The van der Waals surface area contributed by atoms with Gasteiger partial charge >= 0.3 is 0 Å². The van der Waals surface area contributed by atoms with Crippen molar-refractivity contribution in [3.05, 3.63) is 74.0 Å². The largest absolute Gasteiger partial charge is 0.494 e. The van der Waals surface area contributed by atoms with E-state index >= 15 is 0 Å². The molecular formula is C21H19N3O2S3. The van der Waals surface area contributed by atoms with Gasteiger partial charge in [-0.1, -0.05) is 52.9 Å². The third-order valence-electron chi connectivity index (χ3n) is 4.32. The second-order valence-corrected chi connectivity index (χ2v) is 9.04. The number of aromatic amines is 1. The minimum Gasteiger partial charge on any atom is -0.494 e. The van der Waals surface area contributed by atoms with Gasteiger partial charge in [0.1, 0.15) is 10.4 Å². The van der Waals surface area contributed by atoms with Crippen LogP contribution in [0.4, 0.5) is 0 Å². The number of fused-ring (bicyclic) bond motifs is 1. The van der Waals surface area contributed by atoms with Crippen molar-refractivity contribution in [3.63, 3.8) is 0 Å². The Hall–Kier alpha value is -2.42. The van der Waals surface area contributed by atoms with Crippen LogP contribution < -0.4 is 10.3 Å². The van der Waals surface area contributed by atoms with E-state index in [9.17, 15) is 4.79 Å². The van der Waals surface area contributed by atoms with Crippen LogP contribution >= 0.6 is 35.3 Å². The predicted molar refractivity (Wildman–Crippen MR) is 122 cm³/mol. The average molecular weight is 442 g/mol. The molecule has 0 amide bonds. The molecule has 2 aromatic carbocycles. The number of aromatic nitrogens is 3. The maximum absolute atomic E-state index is 12.6. The Morgan fingerprint density at radius 1 is 1.17 bits per heavy atom. The summed E-state index contributed by atoms with van der Waals surface area (Å²) in [6.07, 6.45) is 0. The van der Waals surface area contributed by atoms with E-state index < -0.39 is 0 Å². The number of thiazole rings is 1. The predicted octanol–water partition coefficient (Wildman–Crippen LogP) is 5.50. The van der Waals surface area contributed by atoms with Crippen LogP contribution in [0.15, 0.2) is 58.5 Å². The summed E-state index contributed by atoms with van der Waals surface area (Å²) < 4.78 is 8.47. The molecular weight excluding hydrogens is 422 g/mol. The Morgan fingerprint density at radius 3 is 2.59 bits per heavy atom. The number of rotatable bonds is 6. The molecule has 29 heavy (non-hydrogen) atoms. The number of thioether (sulfide) groups is 1. The molecule has 148 valence electrons. The van der Waals surface area contributed by atoms with Gasteiger partial charge < -0.3 is 9.72 Å². The lowest BCUT2D eigenvalue weighted by Crippen LogP contribution is -2.09. The van der Waals surface area contributed by atoms with Crippen LogP contribution in [-0.4, -0.2) is 21.1 Å². The fraction of sp³-hybridized carbons (Fsp3) is 0.190. The Labute approximate surface area is 181 Å². The van der Waals surface area contributed by atoms with E-state index in [1.165, 1.54) is 34.2 Å². The highest BCUT2D eigenvalue weighted by Crippen LogP contribution is 2.26. The lowest BCUT2D eigenvalue weighted by Gasteiger charge is -2.07. The minimum atomic E-state index is -0.165. The number of H-pyrrole nitrogens is 1. The first-order valence-corrected chi connectivity index (χ1v) is 11.3. The monoisotopic (exact) mass is 441 g/mol. The highest BCUT2D eigenvalue weighted by atomic mass is 32.2. The molecule has 0 saturated carbocycles. The zero-order valence-corrected chi connectivity index (χ0v) is 18.4. The number of nitrogens with one attached hydrogen (secondary N) is 1. The maximum atomic E-state index is 12.6. The molecule has 0 aliphatic heterocycles. The molecule has 5 nitrogen and oxygen atoms in total. The van der Waals surface area contributed by atoms with E-state index in [-0.39, 0.29) is 5.56 Å². The molecule has 2 aromatic heterocycles. The van der Waals surface area contributed by atoms with Gasteiger partial charge in [0.25, 0.3) is 5.56 Å². The van der Waals surface area contributed by atoms with Crippen LogP contribution in [0.2, 0.25) is 0 Å². The van der Waals surface area contributed by atoms with E-state index in [4.69, 9.17) is 21.9 Å². The number of hydrogen-bond acceptors (Lipinski definition) is 6. The van der Waals surface area contributed by atoms with Gasteiger partial charge in [0, 0.05) is 11.4 Å². The molecule has 2 heterocycles. The molecule has 0 aliphatic rings. The lowest BCUT2D eigenvalue weighted by molar-refractivity contribution is 0.340. The van der Waals surface area contributed by atoms with Gasteiger partial charge in [-0.25, -0.2) is 4.98 Å². The van der Waals surface area contributed by atoms with Gasteiger partial charge in [-0.05, 0) is 55.9 Å². The highest BCUT2D eigenvalue weighted by Gasteiger charge is 2.14. The summed E-state index contributed by atoms with van der Waals surface area (Å²) in [4.78, 5) is 20.2. The summed E-state index contributed by atoms with van der Waals surface area (Å²) in [6, 6.07) is 16.0. The van der Waals surface area contributed by atoms with Crippen molar-refractivity contribution >= 4 is 45.7 Å². The molecule has 0 bridgehead atoms. The van der Waals surface area contributed by atoms with E-state index in [2.05, 4.69) is 36.2 Å². The first-order chi connectivity index (χ1) is 14.0. The van der Waals surface area contributed by atoms with Crippen molar-refractivity contribution in [2.75, 3.05) is 6.61 Å². The first kappa shape index (κ1) is 19.9. The summed E-state index contributed by atoms with van der Waals surface area (Å²) in [5.74, 6) is 1.52. The lowest BCUT2D eigenvalue weighted by atomic mass is 10.2. The minimum absolute atomic E-state index is 0.165. The molecule has 0 saturated heterocycles. The van der Waals surface area contributed by atoms with Gasteiger partial charge in [-0.15, -0.1) is 0 Å². The quantitative estimate of drug-likeness (QED) is 0.243. The van der Waals surface area contributed by atoms with Crippen molar-refractivity contribution in [2.24, 2.45) is 0 Å². The Morgan fingerprint density at radius 2 is 1.90 bits per heavy atom. The highest BCUT2D eigenvalue weighted by molar-refractivity contribution is 7.98. The number of hydrogen-bond donors (Lipinski definition) is 1. The third kappa shape index (κ3) is 4.29. The van der Waals surface area contributed by atoms with Gasteiger partial charge in [-0.2, -0.15) is 0 Å². The molecule has 0 spiro atoms. The normalized spacial score (nSPS) is 11.1. The fourth-order valence-corrected chi connectivity index (χ4v) is 4.97. The van der Waals surface area contributed by atoms with Crippen LogP contribution in [0, 0.1) is 10.9 Å². The molecule has 4 aromatic rings. The SMILES string of the molecule is CCOc1ccc(-n2c(=S)sc3c(=O)[nH]c(SCc4ccc(C)cc4)nc32)cc1. The van der Waals surface area contributed by atoms with Gasteiger partial charge in [0.05, 0.1) is 6.61 Å². The molecule has 0 fully saturated rings. The van der Waals surface area contributed by atoms with Crippen molar-refractivity contribution in [1.29, 1.82) is 0 Å².